The summed E-state index contributed by atoms with van der Waals surface area (Å²) in [6.07, 6.45) is 0. The van der Waals surface area contributed by atoms with Crippen molar-refractivity contribution in [3.63, 3.8) is 0 Å². The summed E-state index contributed by atoms with van der Waals surface area (Å²) in [5.41, 5.74) is 0.138. The van der Waals surface area contributed by atoms with Crippen molar-refractivity contribution < 1.29 is 69.1 Å². The van der Waals surface area contributed by atoms with Gasteiger partial charge in [0.15, 0.2) is 0 Å². The third-order valence-corrected chi connectivity index (χ3v) is 2.77. The van der Waals surface area contributed by atoms with Gasteiger partial charge in [0, 0.05) is 5.02 Å². The Hall–Kier alpha value is 0.0213. The first-order valence-electron chi connectivity index (χ1n) is 5.62. The van der Waals surface area contributed by atoms with Crippen molar-refractivity contribution in [2.75, 3.05) is 0 Å². The Balaban J connectivity index is 0.00000200. The quantitative estimate of drug-likeness (QED) is 0.762. The van der Waals surface area contributed by atoms with Gasteiger partial charge in [0.25, 0.3) is 0 Å². The molecule has 0 saturated carbocycles. The van der Waals surface area contributed by atoms with Gasteiger partial charge in [0.2, 0.25) is 0 Å². The van der Waals surface area contributed by atoms with Crippen LogP contribution in [-0.2, 0) is 6.61 Å². The maximum atomic E-state index is 12.6. The van der Waals surface area contributed by atoms with E-state index >= 15 is 0 Å². The molecule has 0 saturated heterocycles. The Kier molecular flexibility index (Phi) is 7.11. The Bertz CT molecular complexity index is 578. The smallest absolute Gasteiger partial charge is 0.489 e. The molecule has 2 rings (SSSR count). The fraction of sp³-hybridized carbons (Fsp3) is 0.0769. The van der Waals surface area contributed by atoms with Crippen LogP contribution in [0.4, 0.5) is 12.9 Å². The molecule has 0 N–H and O–H groups in total. The maximum Gasteiger partial charge on any atom is 1.00 e. The summed E-state index contributed by atoms with van der Waals surface area (Å²) in [6.45, 7) is -4.83. The van der Waals surface area contributed by atoms with Crippen molar-refractivity contribution in [1.29, 1.82) is 0 Å². The van der Waals surface area contributed by atoms with Crippen LogP contribution in [0, 0.1) is 0 Å². The Labute approximate surface area is 162 Å². The van der Waals surface area contributed by atoms with Gasteiger partial charge in [0.05, 0.1) is 0 Å². The fourth-order valence-electron chi connectivity index (χ4n) is 1.60. The summed E-state index contributed by atoms with van der Waals surface area (Å²) in [7, 11) is 0. The Morgan fingerprint density at radius 3 is 2.35 bits per heavy atom. The van der Waals surface area contributed by atoms with E-state index in [2.05, 4.69) is 0 Å². The van der Waals surface area contributed by atoms with Gasteiger partial charge in [-0.3, -0.25) is 0 Å². The third-order valence-electron chi connectivity index (χ3n) is 2.53. The molecule has 2 aromatic rings. The average Bonchev–Trinajstić information content (AvgIpc) is 2.36. The molecule has 0 fully saturated rings. The summed E-state index contributed by atoms with van der Waals surface area (Å²) in [6, 6.07) is 11.8. The molecule has 0 aromatic heterocycles. The molecular weight excluding hydrogens is 314 g/mol. The third kappa shape index (κ3) is 5.43. The number of benzene rings is 2. The van der Waals surface area contributed by atoms with Crippen molar-refractivity contribution in [2.24, 2.45) is 0 Å². The molecule has 0 aliphatic rings. The minimum absolute atomic E-state index is 0. The first-order chi connectivity index (χ1) is 8.95. The second-order valence-corrected chi connectivity index (χ2v) is 4.50. The van der Waals surface area contributed by atoms with Crippen molar-refractivity contribution in [2.45, 2.75) is 6.61 Å². The minimum Gasteiger partial charge on any atom is -0.489 e. The monoisotopic (exact) mass is 324 g/mol. The van der Waals surface area contributed by atoms with Crippen LogP contribution in [0.25, 0.3) is 0 Å². The van der Waals surface area contributed by atoms with E-state index in [9.17, 15) is 12.9 Å². The van der Waals surface area contributed by atoms with Crippen LogP contribution >= 0.6 is 11.6 Å². The SMILES string of the molecule is F[B-](F)(F)c1cccc(OCc2cccc(Cl)c2)c1.[K+]. The van der Waals surface area contributed by atoms with Crippen LogP contribution in [0.15, 0.2) is 48.5 Å². The van der Waals surface area contributed by atoms with Crippen LogP contribution in [0.1, 0.15) is 5.56 Å². The summed E-state index contributed by atoms with van der Waals surface area (Å²) >= 11 is 5.81. The first-order valence-corrected chi connectivity index (χ1v) is 6.00. The predicted molar refractivity (Wildman–Crippen MR) is 70.9 cm³/mol. The van der Waals surface area contributed by atoms with Gasteiger partial charge in [0.1, 0.15) is 12.4 Å². The van der Waals surface area contributed by atoms with Crippen molar-refractivity contribution in [3.05, 3.63) is 59.1 Å². The van der Waals surface area contributed by atoms with Crippen LogP contribution in [0.3, 0.4) is 0 Å². The van der Waals surface area contributed by atoms with Crippen molar-refractivity contribution >= 4 is 24.0 Å². The van der Waals surface area contributed by atoms with Gasteiger partial charge < -0.3 is 17.7 Å². The largest absolute Gasteiger partial charge is 1.00 e. The van der Waals surface area contributed by atoms with E-state index in [1.54, 1.807) is 24.3 Å². The number of rotatable bonds is 4. The number of halogens is 4. The molecule has 0 aliphatic heterocycles. The molecule has 0 amide bonds. The van der Waals surface area contributed by atoms with Crippen LogP contribution in [0.5, 0.6) is 5.75 Å². The van der Waals surface area contributed by atoms with E-state index in [1.807, 2.05) is 0 Å². The predicted octanol–water partition coefficient (Wildman–Crippen LogP) is 0.977. The van der Waals surface area contributed by atoms with E-state index in [0.717, 1.165) is 17.7 Å². The topological polar surface area (TPSA) is 9.23 Å². The minimum atomic E-state index is -5.00. The number of hydrogen-bond donors (Lipinski definition) is 0. The molecule has 100 valence electrons. The van der Waals surface area contributed by atoms with Crippen LogP contribution < -0.4 is 61.6 Å². The van der Waals surface area contributed by atoms with Gasteiger partial charge in [-0.2, -0.15) is 0 Å². The molecule has 0 unspecified atom stereocenters. The second kappa shape index (κ2) is 7.87. The van der Waals surface area contributed by atoms with Gasteiger partial charge >= 0.3 is 58.4 Å². The normalized spacial score (nSPS) is 10.8. The molecule has 1 nitrogen and oxygen atoms in total. The van der Waals surface area contributed by atoms with E-state index in [0.29, 0.717) is 5.02 Å². The Morgan fingerprint density at radius 1 is 1.00 bits per heavy atom. The molecule has 0 aliphatic carbocycles. The first kappa shape index (κ1) is 18.1. The number of hydrogen-bond acceptors (Lipinski definition) is 1. The van der Waals surface area contributed by atoms with Gasteiger partial charge in [-0.05, 0) is 29.8 Å². The zero-order chi connectivity index (χ0) is 13.9. The van der Waals surface area contributed by atoms with Gasteiger partial charge in [-0.15, -0.1) is 5.46 Å². The molecule has 0 atom stereocenters. The summed E-state index contributed by atoms with van der Waals surface area (Å²) < 4.78 is 43.1. The number of ether oxygens (including phenoxy) is 1. The van der Waals surface area contributed by atoms with E-state index in [-0.39, 0.29) is 63.7 Å². The maximum absolute atomic E-state index is 12.6. The fourth-order valence-corrected chi connectivity index (χ4v) is 1.81. The molecule has 20 heavy (non-hydrogen) atoms. The molecule has 0 bridgehead atoms. The van der Waals surface area contributed by atoms with E-state index in [1.165, 1.54) is 12.1 Å². The zero-order valence-electron chi connectivity index (χ0n) is 10.8. The van der Waals surface area contributed by atoms with E-state index < -0.39 is 12.4 Å². The zero-order valence-corrected chi connectivity index (χ0v) is 14.7. The molecule has 2 aromatic carbocycles. The molecule has 0 spiro atoms. The van der Waals surface area contributed by atoms with Gasteiger partial charge in [-0.1, -0.05) is 35.9 Å². The van der Waals surface area contributed by atoms with Gasteiger partial charge in [-0.25, -0.2) is 0 Å². The van der Waals surface area contributed by atoms with Crippen LogP contribution in [0.2, 0.25) is 5.02 Å². The summed E-state index contributed by atoms with van der Waals surface area (Å²) in [4.78, 5) is 0. The van der Waals surface area contributed by atoms with Crippen LogP contribution in [-0.4, -0.2) is 6.98 Å². The molecule has 0 radical (unpaired) electrons. The summed E-state index contributed by atoms with van der Waals surface area (Å²) in [5.74, 6) is 0.191. The average molecular weight is 325 g/mol. The Morgan fingerprint density at radius 2 is 1.70 bits per heavy atom. The molecule has 7 heteroatoms. The standard InChI is InChI=1S/C13H10BClF3O.K/c15-12-5-1-3-10(7-12)9-19-13-6-2-4-11(8-13)14(16,17)18;/h1-8H,9H2;/q-1;+1. The van der Waals surface area contributed by atoms with Crippen molar-refractivity contribution in [1.82, 2.24) is 0 Å². The molecule has 0 heterocycles. The van der Waals surface area contributed by atoms with Crippen molar-refractivity contribution in [3.8, 4) is 5.75 Å². The van der Waals surface area contributed by atoms with E-state index in [4.69, 9.17) is 16.3 Å². The second-order valence-electron chi connectivity index (χ2n) is 4.07. The summed E-state index contributed by atoms with van der Waals surface area (Å²) in [5, 5.41) is 0.563. The molecular formula is C13H10BClF3KO.